The summed E-state index contributed by atoms with van der Waals surface area (Å²) in [6.07, 6.45) is 0. The largest absolute Gasteiger partial charge is 0.378 e. The van der Waals surface area contributed by atoms with E-state index in [4.69, 9.17) is 0 Å². The molecule has 122 valence electrons. The van der Waals surface area contributed by atoms with Crippen molar-refractivity contribution in [1.82, 2.24) is 15.0 Å². The zero-order valence-electron chi connectivity index (χ0n) is 14.3. The minimum atomic E-state index is 0.126. The smallest absolute Gasteiger partial charge is 0.126 e. The topological polar surface area (TPSA) is 56.5 Å². The summed E-state index contributed by atoms with van der Waals surface area (Å²) in [4.78, 5) is 11.5. The molecule has 0 aliphatic rings. The lowest BCUT2D eigenvalue weighted by Crippen LogP contribution is -2.10. The van der Waals surface area contributed by atoms with Crippen molar-refractivity contribution in [3.63, 3.8) is 0 Å². The van der Waals surface area contributed by atoms with Crippen molar-refractivity contribution in [2.45, 2.75) is 32.7 Å². The van der Waals surface area contributed by atoms with Crippen LogP contribution in [0, 0.1) is 0 Å². The molecule has 0 bridgehead atoms. The molecule has 0 spiro atoms. The molecule has 4 nitrogen and oxygen atoms in total. The Kier molecular flexibility index (Phi) is 3.34. The molecule has 2 aromatic heterocycles. The number of para-hydroxylation sites is 2. The molecular weight excluding hydrogens is 296 g/mol. The molecule has 24 heavy (non-hydrogen) atoms. The van der Waals surface area contributed by atoms with E-state index in [-0.39, 0.29) is 5.41 Å². The number of fused-ring (bicyclic) bond motifs is 2. The van der Waals surface area contributed by atoms with Crippen molar-refractivity contribution in [1.29, 1.82) is 0 Å². The summed E-state index contributed by atoms with van der Waals surface area (Å²) in [7, 11) is 0. The van der Waals surface area contributed by atoms with Gasteiger partial charge in [0.25, 0.3) is 0 Å². The van der Waals surface area contributed by atoms with Gasteiger partial charge in [0.15, 0.2) is 0 Å². The van der Waals surface area contributed by atoms with Crippen LogP contribution in [0.25, 0.3) is 21.9 Å². The van der Waals surface area contributed by atoms with E-state index >= 15 is 0 Å². The molecule has 3 N–H and O–H groups in total. The number of anilines is 1. The van der Waals surface area contributed by atoms with E-state index in [1.54, 1.807) is 0 Å². The maximum absolute atomic E-state index is 4.60. The molecule has 0 unspecified atom stereocenters. The first-order valence-electron chi connectivity index (χ1n) is 8.30. The monoisotopic (exact) mass is 318 g/mol. The summed E-state index contributed by atoms with van der Waals surface area (Å²) in [5.74, 6) is 0.945. The molecule has 2 heterocycles. The number of benzene rings is 2. The van der Waals surface area contributed by atoms with Gasteiger partial charge < -0.3 is 15.3 Å². The minimum absolute atomic E-state index is 0.126. The highest BCUT2D eigenvalue weighted by Gasteiger charge is 2.16. The predicted molar refractivity (Wildman–Crippen MR) is 100 cm³/mol. The first-order valence-corrected chi connectivity index (χ1v) is 8.30. The third-order valence-corrected chi connectivity index (χ3v) is 4.33. The van der Waals surface area contributed by atoms with Gasteiger partial charge in [-0.1, -0.05) is 32.9 Å². The molecule has 0 amide bonds. The fraction of sp³-hybridized carbons (Fsp3) is 0.250. The lowest BCUT2D eigenvalue weighted by atomic mass is 9.92. The summed E-state index contributed by atoms with van der Waals surface area (Å²) in [6.45, 7) is 7.34. The molecule has 0 fully saturated rings. The number of imidazole rings is 1. The summed E-state index contributed by atoms with van der Waals surface area (Å²) < 4.78 is 0. The first kappa shape index (κ1) is 14.8. The maximum Gasteiger partial charge on any atom is 0.126 e. The predicted octanol–water partition coefficient (Wildman–Crippen LogP) is 4.95. The molecule has 0 atom stereocenters. The van der Waals surface area contributed by atoms with Crippen LogP contribution in [-0.2, 0) is 12.0 Å². The van der Waals surface area contributed by atoms with E-state index in [0.717, 1.165) is 22.5 Å². The molecule has 4 heteroatoms. The van der Waals surface area contributed by atoms with E-state index in [1.165, 1.54) is 16.6 Å². The average molecular weight is 318 g/mol. The number of hydrogen-bond acceptors (Lipinski definition) is 2. The van der Waals surface area contributed by atoms with Gasteiger partial charge in [0.2, 0.25) is 0 Å². The molecule has 0 saturated heterocycles. The van der Waals surface area contributed by atoms with E-state index in [9.17, 15) is 0 Å². The molecule has 0 radical (unpaired) electrons. The second-order valence-corrected chi connectivity index (χ2v) is 7.29. The van der Waals surface area contributed by atoms with Crippen molar-refractivity contribution >= 4 is 27.6 Å². The minimum Gasteiger partial charge on any atom is -0.378 e. The third-order valence-electron chi connectivity index (χ3n) is 4.33. The Morgan fingerprint density at radius 2 is 1.79 bits per heavy atom. The van der Waals surface area contributed by atoms with Crippen LogP contribution < -0.4 is 5.32 Å². The zero-order valence-corrected chi connectivity index (χ0v) is 14.3. The number of hydrogen-bond donors (Lipinski definition) is 3. The Morgan fingerprint density at radius 3 is 2.58 bits per heavy atom. The Morgan fingerprint density at radius 1 is 0.958 bits per heavy atom. The molecule has 2 aromatic carbocycles. The SMILES string of the molecule is CC(C)(C)c1cc2cc(NCc3nc4ccccc4[nH]3)ccc2[nH]1. The highest BCUT2D eigenvalue weighted by Crippen LogP contribution is 2.27. The first-order chi connectivity index (χ1) is 11.5. The van der Waals surface area contributed by atoms with Crippen LogP contribution >= 0.6 is 0 Å². The highest BCUT2D eigenvalue weighted by atomic mass is 15.0. The van der Waals surface area contributed by atoms with Crippen molar-refractivity contribution in [3.8, 4) is 0 Å². The second-order valence-electron chi connectivity index (χ2n) is 7.29. The van der Waals surface area contributed by atoms with Crippen molar-refractivity contribution in [2.24, 2.45) is 0 Å². The zero-order chi connectivity index (χ0) is 16.7. The second kappa shape index (κ2) is 5.41. The van der Waals surface area contributed by atoms with E-state index in [1.807, 2.05) is 24.3 Å². The van der Waals surface area contributed by atoms with Crippen LogP contribution in [0.5, 0.6) is 0 Å². The number of nitrogens with one attached hydrogen (secondary N) is 3. The van der Waals surface area contributed by atoms with Crippen LogP contribution in [0.15, 0.2) is 48.5 Å². The van der Waals surface area contributed by atoms with Gasteiger partial charge in [-0.25, -0.2) is 4.98 Å². The maximum atomic E-state index is 4.60. The van der Waals surface area contributed by atoms with Crippen LogP contribution in [0.3, 0.4) is 0 Å². The fourth-order valence-electron chi connectivity index (χ4n) is 2.92. The van der Waals surface area contributed by atoms with Crippen LogP contribution in [-0.4, -0.2) is 15.0 Å². The number of aromatic amines is 2. The molecule has 0 saturated carbocycles. The van der Waals surface area contributed by atoms with Gasteiger partial charge in [0, 0.05) is 27.7 Å². The Balaban J connectivity index is 1.55. The quantitative estimate of drug-likeness (QED) is 0.500. The number of nitrogens with zero attached hydrogens (tertiary/aromatic N) is 1. The summed E-state index contributed by atoms with van der Waals surface area (Å²) in [6, 6.07) is 16.8. The molecule has 4 aromatic rings. The van der Waals surface area contributed by atoms with Gasteiger partial charge >= 0.3 is 0 Å². The normalized spacial score (nSPS) is 12.1. The van der Waals surface area contributed by atoms with Gasteiger partial charge in [0.05, 0.1) is 17.6 Å². The van der Waals surface area contributed by atoms with Crippen LogP contribution in [0.1, 0.15) is 32.3 Å². The number of aromatic nitrogens is 3. The summed E-state index contributed by atoms with van der Waals surface area (Å²) in [5, 5.41) is 4.69. The van der Waals surface area contributed by atoms with E-state index < -0.39 is 0 Å². The molecule has 0 aliphatic carbocycles. The van der Waals surface area contributed by atoms with Crippen molar-refractivity contribution < 1.29 is 0 Å². The Bertz CT molecular complexity index is 968. The van der Waals surface area contributed by atoms with Gasteiger partial charge in [-0.2, -0.15) is 0 Å². The molecule has 0 aliphatic heterocycles. The van der Waals surface area contributed by atoms with E-state index in [2.05, 4.69) is 65.3 Å². The summed E-state index contributed by atoms with van der Waals surface area (Å²) >= 11 is 0. The Labute approximate surface area is 141 Å². The Hall–Kier alpha value is -2.75. The standard InChI is InChI=1S/C20H22N4/c1-20(2,3)18-11-13-10-14(8-9-15(13)22-18)21-12-19-23-16-6-4-5-7-17(16)24-19/h4-11,21-22H,12H2,1-3H3,(H,23,24). The molecule has 4 rings (SSSR count). The lowest BCUT2D eigenvalue weighted by molar-refractivity contribution is 0.574. The van der Waals surface area contributed by atoms with Crippen LogP contribution in [0.2, 0.25) is 0 Å². The van der Waals surface area contributed by atoms with Gasteiger partial charge in [-0.05, 0) is 36.4 Å². The van der Waals surface area contributed by atoms with Crippen LogP contribution in [0.4, 0.5) is 5.69 Å². The van der Waals surface area contributed by atoms with Gasteiger partial charge in [0.1, 0.15) is 5.82 Å². The third kappa shape index (κ3) is 2.75. The number of H-pyrrole nitrogens is 2. The summed E-state index contributed by atoms with van der Waals surface area (Å²) in [5.41, 5.74) is 5.74. The average Bonchev–Trinajstić information content (AvgIpc) is 3.15. The highest BCUT2D eigenvalue weighted by molar-refractivity contribution is 5.84. The molecular formula is C20H22N4. The van der Waals surface area contributed by atoms with Crippen molar-refractivity contribution in [3.05, 3.63) is 60.0 Å². The number of rotatable bonds is 3. The van der Waals surface area contributed by atoms with Crippen molar-refractivity contribution in [2.75, 3.05) is 5.32 Å². The van der Waals surface area contributed by atoms with Gasteiger partial charge in [-0.3, -0.25) is 0 Å². The van der Waals surface area contributed by atoms with E-state index in [0.29, 0.717) is 6.54 Å². The van der Waals surface area contributed by atoms with Gasteiger partial charge in [-0.15, -0.1) is 0 Å². The fourth-order valence-corrected chi connectivity index (χ4v) is 2.92. The lowest BCUT2D eigenvalue weighted by Gasteiger charge is -2.15.